The van der Waals surface area contributed by atoms with Crippen LogP contribution < -0.4 is 0 Å². The summed E-state index contributed by atoms with van der Waals surface area (Å²) in [6.45, 7) is 4.91. The van der Waals surface area contributed by atoms with Gasteiger partial charge in [0.05, 0.1) is 36.8 Å². The number of esters is 2. The predicted octanol–water partition coefficient (Wildman–Crippen LogP) is 2.11. The molecule has 0 aromatic carbocycles. The number of carbonyl (C=O) groups excluding carboxylic acids is 2. The summed E-state index contributed by atoms with van der Waals surface area (Å²) >= 11 is 0. The number of furan rings is 1. The fourth-order valence-electron chi connectivity index (χ4n) is 7.37. The van der Waals surface area contributed by atoms with Gasteiger partial charge in [-0.1, -0.05) is 6.92 Å². The topological polar surface area (TPSA) is 128 Å². The lowest BCUT2D eigenvalue weighted by molar-refractivity contribution is -0.274. The number of fused-ring (bicyclic) bond motifs is 3. The fourth-order valence-corrected chi connectivity index (χ4v) is 7.37. The summed E-state index contributed by atoms with van der Waals surface area (Å²) in [5.74, 6) is -1.25. The Labute approximate surface area is 192 Å². The number of rotatable bonds is 4. The predicted molar refractivity (Wildman–Crippen MR) is 111 cm³/mol. The second-order valence-corrected chi connectivity index (χ2v) is 10.2. The van der Waals surface area contributed by atoms with Crippen molar-refractivity contribution in [3.05, 3.63) is 24.2 Å². The minimum absolute atomic E-state index is 0.0732. The molecule has 182 valence electrons. The molecule has 0 bridgehead atoms. The minimum Gasteiger partial charge on any atom is -0.472 e. The van der Waals surface area contributed by atoms with Crippen LogP contribution >= 0.6 is 0 Å². The van der Waals surface area contributed by atoms with E-state index in [1.165, 1.54) is 13.8 Å². The lowest BCUT2D eigenvalue weighted by Gasteiger charge is -2.63. The van der Waals surface area contributed by atoms with Gasteiger partial charge in [-0.25, -0.2) is 0 Å². The first-order chi connectivity index (χ1) is 15.7. The molecule has 0 unspecified atom stereocenters. The van der Waals surface area contributed by atoms with Crippen molar-refractivity contribution in [2.24, 2.45) is 22.7 Å². The summed E-state index contributed by atoms with van der Waals surface area (Å²) in [7, 11) is 0. The van der Waals surface area contributed by atoms with Crippen molar-refractivity contribution >= 4 is 11.9 Å². The van der Waals surface area contributed by atoms with E-state index in [0.29, 0.717) is 25.7 Å². The smallest absolute Gasteiger partial charge is 0.303 e. The summed E-state index contributed by atoms with van der Waals surface area (Å²) in [6.07, 6.45) is 2.31. The summed E-state index contributed by atoms with van der Waals surface area (Å²) in [5.41, 5.74) is -1.88. The monoisotopic (exact) mass is 464 g/mol. The van der Waals surface area contributed by atoms with Crippen LogP contribution in [0.2, 0.25) is 0 Å². The fraction of sp³-hybridized carbons (Fsp3) is 0.750. The first-order valence-corrected chi connectivity index (χ1v) is 11.7. The first-order valence-electron chi connectivity index (χ1n) is 11.7. The molecule has 33 heavy (non-hydrogen) atoms. The minimum atomic E-state index is -1.08. The third-order valence-electron chi connectivity index (χ3n) is 8.87. The third kappa shape index (κ3) is 3.12. The lowest BCUT2D eigenvalue weighted by atomic mass is 9.42. The molecule has 2 saturated carbocycles. The Bertz CT molecular complexity index is 909. The van der Waals surface area contributed by atoms with Crippen molar-refractivity contribution in [1.29, 1.82) is 0 Å². The van der Waals surface area contributed by atoms with E-state index in [9.17, 15) is 19.8 Å². The zero-order chi connectivity index (χ0) is 23.6. The maximum Gasteiger partial charge on any atom is 0.303 e. The highest BCUT2D eigenvalue weighted by molar-refractivity contribution is 5.67. The van der Waals surface area contributed by atoms with Gasteiger partial charge in [-0.3, -0.25) is 9.59 Å². The lowest BCUT2D eigenvalue weighted by Crippen LogP contribution is -2.71. The molecule has 4 fully saturated rings. The second kappa shape index (κ2) is 7.80. The van der Waals surface area contributed by atoms with Crippen molar-refractivity contribution in [2.75, 3.05) is 13.2 Å². The molecule has 1 aromatic rings. The van der Waals surface area contributed by atoms with Crippen LogP contribution in [0.4, 0.5) is 0 Å². The maximum atomic E-state index is 11.9. The van der Waals surface area contributed by atoms with Gasteiger partial charge >= 0.3 is 11.9 Å². The molecule has 9 atom stereocenters. The molecule has 0 amide bonds. The van der Waals surface area contributed by atoms with Crippen LogP contribution in [0, 0.1) is 22.7 Å². The Hall–Kier alpha value is -1.94. The van der Waals surface area contributed by atoms with E-state index < -0.39 is 46.9 Å². The SMILES string of the molecule is CC(=O)OC[C@@]12[C@H](CC[C@H](OC(C)=O)[C@]13CO3)[C@@]1(C[C@@H](c3ccoc3)O[C@@H]1O)[C@H](C)C[C@@H]2O. The maximum absolute atomic E-state index is 11.9. The molecule has 9 nitrogen and oxygen atoms in total. The number of hydrogen-bond donors (Lipinski definition) is 2. The largest absolute Gasteiger partial charge is 0.472 e. The Morgan fingerprint density at radius 1 is 1.21 bits per heavy atom. The Balaban J connectivity index is 1.60. The van der Waals surface area contributed by atoms with E-state index in [1.54, 1.807) is 12.5 Å². The normalized spacial score (nSPS) is 46.2. The van der Waals surface area contributed by atoms with Crippen LogP contribution in [0.15, 0.2) is 23.0 Å². The molecule has 5 rings (SSSR count). The van der Waals surface area contributed by atoms with Crippen molar-refractivity contribution < 1.29 is 43.2 Å². The molecular weight excluding hydrogens is 432 g/mol. The average molecular weight is 465 g/mol. The molecule has 4 aliphatic rings. The van der Waals surface area contributed by atoms with Crippen molar-refractivity contribution in [1.82, 2.24) is 0 Å². The Kier molecular flexibility index (Phi) is 5.39. The highest BCUT2D eigenvalue weighted by Crippen LogP contribution is 2.72. The summed E-state index contributed by atoms with van der Waals surface area (Å²) in [5, 5.41) is 23.0. The number of aliphatic hydroxyl groups is 2. The molecule has 2 saturated heterocycles. The van der Waals surface area contributed by atoms with Crippen LogP contribution in [0.3, 0.4) is 0 Å². The van der Waals surface area contributed by atoms with Crippen molar-refractivity contribution in [2.45, 2.75) is 76.7 Å². The van der Waals surface area contributed by atoms with E-state index in [1.807, 2.05) is 13.0 Å². The van der Waals surface area contributed by atoms with E-state index in [0.717, 1.165) is 5.56 Å². The molecule has 3 heterocycles. The van der Waals surface area contributed by atoms with Crippen LogP contribution in [0.5, 0.6) is 0 Å². The molecule has 2 N–H and O–H groups in total. The summed E-state index contributed by atoms with van der Waals surface area (Å²) < 4.78 is 28.6. The van der Waals surface area contributed by atoms with Gasteiger partial charge in [0.2, 0.25) is 0 Å². The third-order valence-corrected chi connectivity index (χ3v) is 8.87. The number of aliphatic hydroxyl groups excluding tert-OH is 2. The van der Waals surface area contributed by atoms with Crippen molar-refractivity contribution in [3.8, 4) is 0 Å². The molecule has 2 aliphatic carbocycles. The molecule has 0 radical (unpaired) electrons. The van der Waals surface area contributed by atoms with Gasteiger partial charge in [0.15, 0.2) is 6.29 Å². The molecule has 1 aromatic heterocycles. The van der Waals surface area contributed by atoms with Gasteiger partial charge < -0.3 is 33.6 Å². The number of carbonyl (C=O) groups is 2. The van der Waals surface area contributed by atoms with Gasteiger partial charge in [-0.2, -0.15) is 0 Å². The van der Waals surface area contributed by atoms with Crippen LogP contribution in [-0.4, -0.2) is 59.5 Å². The number of hydrogen-bond acceptors (Lipinski definition) is 9. The summed E-state index contributed by atoms with van der Waals surface area (Å²) in [6, 6.07) is 1.83. The average Bonchev–Trinajstić information content (AvgIpc) is 3.19. The van der Waals surface area contributed by atoms with E-state index >= 15 is 0 Å². The number of epoxide rings is 1. The van der Waals surface area contributed by atoms with Crippen molar-refractivity contribution in [3.63, 3.8) is 0 Å². The Morgan fingerprint density at radius 3 is 2.58 bits per heavy atom. The zero-order valence-corrected chi connectivity index (χ0v) is 19.2. The molecule has 2 spiro atoms. The van der Waals surface area contributed by atoms with E-state index in [4.69, 9.17) is 23.4 Å². The molecular formula is C24H32O9. The highest BCUT2D eigenvalue weighted by Gasteiger charge is 2.80. The summed E-state index contributed by atoms with van der Waals surface area (Å²) in [4.78, 5) is 23.8. The van der Waals surface area contributed by atoms with Gasteiger partial charge in [0.25, 0.3) is 0 Å². The van der Waals surface area contributed by atoms with Gasteiger partial charge in [-0.05, 0) is 43.6 Å². The quantitative estimate of drug-likeness (QED) is 0.508. The highest BCUT2D eigenvalue weighted by atomic mass is 16.6. The molecule has 9 heteroatoms. The van der Waals surface area contributed by atoms with Crippen LogP contribution in [-0.2, 0) is 28.5 Å². The standard InChI is InChI=1S/C24H32O9/c1-13-8-19(27)23(11-30-14(2)25)18(4-5-20(32-15(3)26)24(23)12-31-24)22(13)9-17(33-21(22)28)16-6-7-29-10-16/h6-7,10,13,17-21,27-28H,4-5,8-9,11-12H2,1-3H3/t13-,17+,18-,19+,20+,21+,22-,23+,24-/m1/s1. The van der Waals surface area contributed by atoms with Crippen LogP contribution in [0.1, 0.15) is 58.1 Å². The second-order valence-electron chi connectivity index (χ2n) is 10.2. The van der Waals surface area contributed by atoms with E-state index in [2.05, 4.69) is 0 Å². The first kappa shape index (κ1) is 22.8. The van der Waals surface area contributed by atoms with Gasteiger partial charge in [-0.15, -0.1) is 0 Å². The van der Waals surface area contributed by atoms with E-state index in [-0.39, 0.29) is 31.2 Å². The number of ether oxygens (including phenoxy) is 4. The van der Waals surface area contributed by atoms with Crippen LogP contribution in [0.25, 0.3) is 0 Å². The Morgan fingerprint density at radius 2 is 1.97 bits per heavy atom. The van der Waals surface area contributed by atoms with Gasteiger partial charge in [0, 0.05) is 24.8 Å². The van der Waals surface area contributed by atoms with Gasteiger partial charge in [0.1, 0.15) is 18.3 Å². The zero-order valence-electron chi connectivity index (χ0n) is 19.2. The molecule has 2 aliphatic heterocycles.